The van der Waals surface area contributed by atoms with E-state index in [1.807, 2.05) is 0 Å². The fraction of sp³-hybridized carbons (Fsp3) is 0.417. The Bertz CT molecular complexity index is 530. The van der Waals surface area contributed by atoms with Gasteiger partial charge < -0.3 is 9.05 Å². The van der Waals surface area contributed by atoms with E-state index in [2.05, 4.69) is 22.6 Å². The molecule has 2 heterocycles. The van der Waals surface area contributed by atoms with Crippen LogP contribution in [0.4, 0.5) is 5.88 Å². The van der Waals surface area contributed by atoms with Gasteiger partial charge in [0.2, 0.25) is 11.6 Å². The molecule has 0 fully saturated rings. The second-order valence-electron chi connectivity index (χ2n) is 4.07. The van der Waals surface area contributed by atoms with Gasteiger partial charge in [-0.05, 0) is 19.8 Å². The zero-order valence-electron chi connectivity index (χ0n) is 10.4. The van der Waals surface area contributed by atoms with Crippen molar-refractivity contribution in [2.45, 2.75) is 33.1 Å². The smallest absolute Gasteiger partial charge is 0.296 e. The molecule has 6 nitrogen and oxygen atoms in total. The first-order valence-electron chi connectivity index (χ1n) is 5.89. The van der Waals surface area contributed by atoms with Gasteiger partial charge in [0.25, 0.3) is 5.91 Å². The lowest BCUT2D eigenvalue weighted by atomic mass is 10.2. The van der Waals surface area contributed by atoms with E-state index < -0.39 is 5.91 Å². The van der Waals surface area contributed by atoms with Crippen LogP contribution in [-0.2, 0) is 6.42 Å². The summed E-state index contributed by atoms with van der Waals surface area (Å²) < 4.78 is 9.86. The number of hydrogen-bond donors (Lipinski definition) is 1. The normalized spacial score (nSPS) is 10.6. The maximum atomic E-state index is 11.7. The van der Waals surface area contributed by atoms with E-state index in [4.69, 9.17) is 9.05 Å². The number of nitrogens with zero attached hydrogens (tertiary/aromatic N) is 2. The number of aromatic nitrogens is 2. The Morgan fingerprint density at radius 3 is 2.83 bits per heavy atom. The highest BCUT2D eigenvalue weighted by Gasteiger charge is 2.14. The summed E-state index contributed by atoms with van der Waals surface area (Å²) in [4.78, 5) is 11.7. The number of anilines is 1. The molecule has 0 aliphatic carbocycles. The highest BCUT2D eigenvalue weighted by atomic mass is 16.5. The second-order valence-corrected chi connectivity index (χ2v) is 4.07. The lowest BCUT2D eigenvalue weighted by Gasteiger charge is -1.94. The molecule has 0 saturated heterocycles. The lowest BCUT2D eigenvalue weighted by molar-refractivity contribution is 0.0984. The fourth-order valence-corrected chi connectivity index (χ4v) is 1.49. The number of hydrogen-bond acceptors (Lipinski definition) is 5. The van der Waals surface area contributed by atoms with Crippen molar-refractivity contribution in [1.82, 2.24) is 10.3 Å². The molecule has 0 aliphatic heterocycles. The zero-order chi connectivity index (χ0) is 13.0. The molecule has 6 heteroatoms. The van der Waals surface area contributed by atoms with Gasteiger partial charge in [0.1, 0.15) is 0 Å². The molecule has 0 bridgehead atoms. The Kier molecular flexibility index (Phi) is 3.76. The standard InChI is InChI=1S/C12H15N3O3/c1-3-4-5-9-7-11(18-15-9)13-12(16)10-6-8(2)14-17-10/h6-7H,3-5H2,1-2H3,(H,13,16). The molecule has 18 heavy (non-hydrogen) atoms. The van der Waals surface area contributed by atoms with Crippen LogP contribution in [0.1, 0.15) is 41.7 Å². The minimum absolute atomic E-state index is 0.152. The Morgan fingerprint density at radius 1 is 1.33 bits per heavy atom. The van der Waals surface area contributed by atoms with Gasteiger partial charge in [-0.1, -0.05) is 23.7 Å². The van der Waals surface area contributed by atoms with Gasteiger partial charge in [-0.3, -0.25) is 10.1 Å². The number of aryl methyl sites for hydroxylation is 2. The van der Waals surface area contributed by atoms with Gasteiger partial charge in [0.15, 0.2) is 0 Å². The third-order valence-corrected chi connectivity index (χ3v) is 2.43. The summed E-state index contributed by atoms with van der Waals surface area (Å²) in [6.45, 7) is 3.85. The van der Waals surface area contributed by atoms with E-state index in [0.29, 0.717) is 11.6 Å². The van der Waals surface area contributed by atoms with Gasteiger partial charge in [-0.15, -0.1) is 0 Å². The van der Waals surface area contributed by atoms with Crippen LogP contribution in [0.25, 0.3) is 0 Å². The zero-order valence-corrected chi connectivity index (χ0v) is 10.4. The number of carbonyl (C=O) groups excluding carboxylic acids is 1. The third kappa shape index (κ3) is 2.97. The van der Waals surface area contributed by atoms with Crippen molar-refractivity contribution >= 4 is 11.8 Å². The second kappa shape index (κ2) is 5.48. The van der Waals surface area contributed by atoms with Gasteiger partial charge in [-0.2, -0.15) is 0 Å². The van der Waals surface area contributed by atoms with Crippen molar-refractivity contribution < 1.29 is 13.8 Å². The maximum Gasteiger partial charge on any atom is 0.296 e. The first-order chi connectivity index (χ1) is 8.69. The van der Waals surface area contributed by atoms with Crippen LogP contribution in [0.2, 0.25) is 0 Å². The summed E-state index contributed by atoms with van der Waals surface area (Å²) in [5, 5.41) is 10.1. The van der Waals surface area contributed by atoms with Crippen molar-refractivity contribution in [3.63, 3.8) is 0 Å². The van der Waals surface area contributed by atoms with Crippen LogP contribution in [0.15, 0.2) is 21.2 Å². The van der Waals surface area contributed by atoms with Crippen molar-refractivity contribution in [2.24, 2.45) is 0 Å². The molecule has 2 aromatic rings. The minimum Gasteiger partial charge on any atom is -0.351 e. The highest BCUT2D eigenvalue weighted by Crippen LogP contribution is 2.13. The quantitative estimate of drug-likeness (QED) is 0.880. The molecule has 96 valence electrons. The van der Waals surface area contributed by atoms with Gasteiger partial charge in [-0.25, -0.2) is 0 Å². The van der Waals surface area contributed by atoms with Crippen LogP contribution in [0.3, 0.4) is 0 Å². The number of carbonyl (C=O) groups is 1. The molecule has 0 saturated carbocycles. The predicted octanol–water partition coefficient (Wildman–Crippen LogP) is 2.57. The highest BCUT2D eigenvalue weighted by molar-refractivity contribution is 6.01. The molecule has 0 aromatic carbocycles. The van der Waals surface area contributed by atoms with Gasteiger partial charge >= 0.3 is 0 Å². The average Bonchev–Trinajstić information content (AvgIpc) is 2.96. The Labute approximate surface area is 104 Å². The number of nitrogens with one attached hydrogen (secondary N) is 1. The molecular weight excluding hydrogens is 234 g/mol. The van der Waals surface area contributed by atoms with Crippen molar-refractivity contribution in [3.05, 3.63) is 29.3 Å². The largest absolute Gasteiger partial charge is 0.351 e. The number of unbranched alkanes of at least 4 members (excludes halogenated alkanes) is 1. The maximum absolute atomic E-state index is 11.7. The van der Waals surface area contributed by atoms with Crippen LogP contribution in [0.5, 0.6) is 0 Å². The number of amides is 1. The minimum atomic E-state index is -0.395. The molecule has 2 aromatic heterocycles. The van der Waals surface area contributed by atoms with Crippen LogP contribution in [-0.4, -0.2) is 16.2 Å². The van der Waals surface area contributed by atoms with Gasteiger partial charge in [0.05, 0.1) is 11.4 Å². The first-order valence-corrected chi connectivity index (χ1v) is 5.89. The van der Waals surface area contributed by atoms with E-state index in [9.17, 15) is 4.79 Å². The van der Waals surface area contributed by atoms with Crippen LogP contribution < -0.4 is 5.32 Å². The SMILES string of the molecule is CCCCc1cc(NC(=O)c2cc(C)no2)on1. The first kappa shape index (κ1) is 12.3. The fourth-order valence-electron chi connectivity index (χ4n) is 1.49. The molecule has 0 atom stereocenters. The van der Waals surface area contributed by atoms with E-state index in [-0.39, 0.29) is 5.76 Å². The number of rotatable bonds is 5. The Balaban J connectivity index is 1.97. The molecule has 0 spiro atoms. The molecule has 0 unspecified atom stereocenters. The summed E-state index contributed by atoms with van der Waals surface area (Å²) in [7, 11) is 0. The molecule has 0 aliphatic rings. The molecule has 1 N–H and O–H groups in total. The topological polar surface area (TPSA) is 81.2 Å². The summed E-state index contributed by atoms with van der Waals surface area (Å²) >= 11 is 0. The summed E-state index contributed by atoms with van der Waals surface area (Å²) in [5.41, 5.74) is 1.49. The summed E-state index contributed by atoms with van der Waals surface area (Å²) in [6.07, 6.45) is 2.98. The monoisotopic (exact) mass is 249 g/mol. The molecular formula is C12H15N3O3. The van der Waals surface area contributed by atoms with Crippen molar-refractivity contribution in [1.29, 1.82) is 0 Å². The molecule has 2 rings (SSSR count). The summed E-state index contributed by atoms with van der Waals surface area (Å²) in [6, 6.07) is 3.28. The Morgan fingerprint density at radius 2 is 2.17 bits per heavy atom. The van der Waals surface area contributed by atoms with Gasteiger partial charge in [0, 0.05) is 12.1 Å². The van der Waals surface area contributed by atoms with E-state index in [1.165, 1.54) is 0 Å². The molecule has 0 radical (unpaired) electrons. The lowest BCUT2D eigenvalue weighted by Crippen LogP contribution is -2.10. The van der Waals surface area contributed by atoms with E-state index in [0.717, 1.165) is 25.0 Å². The van der Waals surface area contributed by atoms with Crippen molar-refractivity contribution in [2.75, 3.05) is 5.32 Å². The third-order valence-electron chi connectivity index (χ3n) is 2.43. The van der Waals surface area contributed by atoms with E-state index in [1.54, 1.807) is 19.1 Å². The van der Waals surface area contributed by atoms with Crippen LogP contribution >= 0.6 is 0 Å². The summed E-state index contributed by atoms with van der Waals surface area (Å²) in [5.74, 6) is 0.0768. The molecule has 1 amide bonds. The Hall–Kier alpha value is -2.11. The van der Waals surface area contributed by atoms with Crippen LogP contribution in [0, 0.1) is 6.92 Å². The van der Waals surface area contributed by atoms with Crippen molar-refractivity contribution in [3.8, 4) is 0 Å². The predicted molar refractivity (Wildman–Crippen MR) is 64.3 cm³/mol. The average molecular weight is 249 g/mol. The van der Waals surface area contributed by atoms with E-state index >= 15 is 0 Å².